The predicted molar refractivity (Wildman–Crippen MR) is 88.6 cm³/mol. The van der Waals surface area contributed by atoms with Gasteiger partial charge in [0.15, 0.2) is 0 Å². The maximum Gasteiger partial charge on any atom is -0.00631 e. The summed E-state index contributed by atoms with van der Waals surface area (Å²) in [5, 5.41) is 0. The highest BCUT2D eigenvalue weighted by Gasteiger charge is 2.21. The number of hydrogen-bond donors (Lipinski definition) is 0. The van der Waals surface area contributed by atoms with Crippen LogP contribution in [0, 0.1) is 27.7 Å². The summed E-state index contributed by atoms with van der Waals surface area (Å²) in [5.74, 6) is 0. The van der Waals surface area contributed by atoms with E-state index in [1.807, 2.05) is 0 Å². The first-order valence-electron chi connectivity index (χ1n) is 7.43. The summed E-state index contributed by atoms with van der Waals surface area (Å²) >= 11 is 0. The Balaban J connectivity index is 2.29. The Bertz CT molecular complexity index is 618. The summed E-state index contributed by atoms with van der Waals surface area (Å²) in [6.07, 6.45) is 1.08. The van der Waals surface area contributed by atoms with E-state index in [0.29, 0.717) is 0 Å². The summed E-state index contributed by atoms with van der Waals surface area (Å²) in [4.78, 5) is 0. The van der Waals surface area contributed by atoms with Crippen LogP contribution >= 0.6 is 0 Å². The molecule has 0 atom stereocenters. The fourth-order valence-corrected chi connectivity index (χ4v) is 2.69. The number of aryl methyl sites for hydroxylation is 4. The molecule has 20 heavy (non-hydrogen) atoms. The summed E-state index contributed by atoms with van der Waals surface area (Å²) in [6, 6.07) is 13.7. The van der Waals surface area contributed by atoms with Crippen LogP contribution in [0.15, 0.2) is 36.4 Å². The zero-order valence-corrected chi connectivity index (χ0v) is 13.7. The third-order valence-corrected chi connectivity index (χ3v) is 4.51. The van der Waals surface area contributed by atoms with Gasteiger partial charge >= 0.3 is 0 Å². The van der Waals surface area contributed by atoms with Crippen LogP contribution in [-0.4, -0.2) is 0 Å². The molecule has 0 heterocycles. The molecule has 0 heteroatoms. The molecule has 0 unspecified atom stereocenters. The molecule has 0 aliphatic heterocycles. The Morgan fingerprint density at radius 3 is 1.80 bits per heavy atom. The highest BCUT2D eigenvalue weighted by molar-refractivity contribution is 5.37. The molecular weight excluding hydrogens is 240 g/mol. The standard InChI is InChI=1S/C20H26/c1-14-7-9-18(11-16(14)3)13-20(5,6)19-10-8-15(2)17(4)12-19/h7-12H,13H2,1-6H3. The van der Waals surface area contributed by atoms with Crippen molar-refractivity contribution in [2.75, 3.05) is 0 Å². The van der Waals surface area contributed by atoms with Crippen molar-refractivity contribution in [2.24, 2.45) is 0 Å². The predicted octanol–water partition coefficient (Wildman–Crippen LogP) is 5.44. The highest BCUT2D eigenvalue weighted by atomic mass is 14.3. The first kappa shape index (κ1) is 14.8. The minimum absolute atomic E-state index is 0.167. The van der Waals surface area contributed by atoms with Gasteiger partial charge in [-0.25, -0.2) is 0 Å². The second-order valence-electron chi connectivity index (χ2n) is 6.78. The maximum atomic E-state index is 2.34. The minimum Gasteiger partial charge on any atom is -0.0588 e. The van der Waals surface area contributed by atoms with Crippen molar-refractivity contribution in [3.63, 3.8) is 0 Å². The zero-order chi connectivity index (χ0) is 14.9. The van der Waals surface area contributed by atoms with Crippen molar-refractivity contribution in [2.45, 2.75) is 53.4 Å². The molecule has 2 aromatic rings. The molecule has 0 amide bonds. The van der Waals surface area contributed by atoms with Gasteiger partial charge in [-0.3, -0.25) is 0 Å². The molecule has 0 bridgehead atoms. The maximum absolute atomic E-state index is 2.34. The summed E-state index contributed by atoms with van der Waals surface area (Å²) < 4.78 is 0. The van der Waals surface area contributed by atoms with Crippen molar-refractivity contribution >= 4 is 0 Å². The fourth-order valence-electron chi connectivity index (χ4n) is 2.69. The molecule has 0 saturated heterocycles. The molecule has 0 aromatic heterocycles. The Kier molecular flexibility index (Phi) is 4.04. The first-order valence-corrected chi connectivity index (χ1v) is 7.43. The van der Waals surface area contributed by atoms with Gasteiger partial charge in [-0.15, -0.1) is 0 Å². The quantitative estimate of drug-likeness (QED) is 0.694. The molecular formula is C20H26. The van der Waals surface area contributed by atoms with Crippen molar-refractivity contribution in [3.8, 4) is 0 Å². The molecule has 0 fully saturated rings. The lowest BCUT2D eigenvalue weighted by Crippen LogP contribution is -2.20. The monoisotopic (exact) mass is 266 g/mol. The van der Waals surface area contributed by atoms with Gasteiger partial charge in [0, 0.05) is 0 Å². The lowest BCUT2D eigenvalue weighted by Gasteiger charge is -2.26. The molecule has 106 valence electrons. The minimum atomic E-state index is 0.167. The lowest BCUT2D eigenvalue weighted by atomic mass is 9.78. The van der Waals surface area contributed by atoms with Crippen LogP contribution in [0.3, 0.4) is 0 Å². The van der Waals surface area contributed by atoms with Crippen molar-refractivity contribution < 1.29 is 0 Å². The van der Waals surface area contributed by atoms with E-state index in [1.165, 1.54) is 33.4 Å². The van der Waals surface area contributed by atoms with Crippen molar-refractivity contribution in [1.29, 1.82) is 0 Å². The van der Waals surface area contributed by atoms with Crippen LogP contribution in [0.5, 0.6) is 0 Å². The summed E-state index contributed by atoms with van der Waals surface area (Å²) in [6.45, 7) is 13.4. The molecule has 0 aliphatic carbocycles. The average molecular weight is 266 g/mol. The van der Waals surface area contributed by atoms with Crippen LogP contribution < -0.4 is 0 Å². The van der Waals surface area contributed by atoms with Gasteiger partial charge in [0.2, 0.25) is 0 Å². The third kappa shape index (κ3) is 3.12. The SMILES string of the molecule is Cc1ccc(CC(C)(C)c2ccc(C)c(C)c2)cc1C. The molecule has 0 saturated carbocycles. The van der Waals surface area contributed by atoms with Crippen LogP contribution in [0.4, 0.5) is 0 Å². The lowest BCUT2D eigenvalue weighted by molar-refractivity contribution is 0.521. The topological polar surface area (TPSA) is 0 Å². The first-order chi connectivity index (χ1) is 9.29. The van der Waals surface area contributed by atoms with Crippen molar-refractivity contribution in [3.05, 3.63) is 69.8 Å². The van der Waals surface area contributed by atoms with E-state index in [1.54, 1.807) is 0 Å². The van der Waals surface area contributed by atoms with Crippen LogP contribution in [0.25, 0.3) is 0 Å². The van der Waals surface area contributed by atoms with Gasteiger partial charge in [-0.1, -0.05) is 50.2 Å². The van der Waals surface area contributed by atoms with Gasteiger partial charge in [-0.2, -0.15) is 0 Å². The molecule has 0 radical (unpaired) electrons. The van der Waals surface area contributed by atoms with Crippen LogP contribution in [0.2, 0.25) is 0 Å². The van der Waals surface area contributed by atoms with E-state index in [0.717, 1.165) is 6.42 Å². The smallest absolute Gasteiger partial charge is 0.00631 e. The zero-order valence-electron chi connectivity index (χ0n) is 13.7. The van der Waals surface area contributed by atoms with E-state index >= 15 is 0 Å². The second kappa shape index (κ2) is 5.44. The van der Waals surface area contributed by atoms with E-state index < -0.39 is 0 Å². The Labute approximate surface area is 123 Å². The molecule has 0 aliphatic rings. The largest absolute Gasteiger partial charge is 0.0588 e. The van der Waals surface area contributed by atoms with E-state index in [9.17, 15) is 0 Å². The number of benzene rings is 2. The Hall–Kier alpha value is -1.56. The molecule has 2 aromatic carbocycles. The molecule has 0 N–H and O–H groups in total. The van der Waals surface area contributed by atoms with E-state index in [4.69, 9.17) is 0 Å². The van der Waals surface area contributed by atoms with Gasteiger partial charge in [-0.05, 0) is 72.9 Å². The normalized spacial score (nSPS) is 11.7. The van der Waals surface area contributed by atoms with Crippen LogP contribution in [0.1, 0.15) is 47.2 Å². The average Bonchev–Trinajstić information content (AvgIpc) is 2.37. The highest BCUT2D eigenvalue weighted by Crippen LogP contribution is 2.29. The summed E-state index contributed by atoms with van der Waals surface area (Å²) in [7, 11) is 0. The van der Waals surface area contributed by atoms with Crippen LogP contribution in [-0.2, 0) is 11.8 Å². The van der Waals surface area contributed by atoms with Gasteiger partial charge < -0.3 is 0 Å². The molecule has 0 spiro atoms. The third-order valence-electron chi connectivity index (χ3n) is 4.51. The Morgan fingerprint density at radius 1 is 0.700 bits per heavy atom. The molecule has 0 nitrogen and oxygen atoms in total. The van der Waals surface area contributed by atoms with Gasteiger partial charge in [0.05, 0.1) is 0 Å². The van der Waals surface area contributed by atoms with Gasteiger partial charge in [0.1, 0.15) is 0 Å². The number of rotatable bonds is 3. The number of hydrogen-bond acceptors (Lipinski definition) is 0. The molecule has 2 rings (SSSR count). The Morgan fingerprint density at radius 2 is 1.25 bits per heavy atom. The van der Waals surface area contributed by atoms with E-state index in [-0.39, 0.29) is 5.41 Å². The van der Waals surface area contributed by atoms with Gasteiger partial charge in [0.25, 0.3) is 0 Å². The van der Waals surface area contributed by atoms with Crippen molar-refractivity contribution in [1.82, 2.24) is 0 Å². The van der Waals surface area contributed by atoms with E-state index in [2.05, 4.69) is 77.9 Å². The fraction of sp³-hybridized carbons (Fsp3) is 0.400. The second-order valence-corrected chi connectivity index (χ2v) is 6.78. The summed E-state index contributed by atoms with van der Waals surface area (Å²) in [5.41, 5.74) is 8.54.